The predicted octanol–water partition coefficient (Wildman–Crippen LogP) is 0.520. The SMILES string of the molecule is CCN1CCN(CCC(=O)O)CC1.Cl. The number of rotatable bonds is 4. The molecule has 1 aliphatic rings. The monoisotopic (exact) mass is 222 g/mol. The molecule has 14 heavy (non-hydrogen) atoms. The number of likely N-dealkylation sites (N-methyl/N-ethyl adjacent to an activating group) is 1. The highest BCUT2D eigenvalue weighted by atomic mass is 35.5. The topological polar surface area (TPSA) is 43.8 Å². The van der Waals surface area contributed by atoms with Gasteiger partial charge >= 0.3 is 5.97 Å². The number of carbonyl (C=O) groups is 1. The van der Waals surface area contributed by atoms with Gasteiger partial charge in [-0.3, -0.25) is 4.79 Å². The largest absolute Gasteiger partial charge is 0.481 e. The van der Waals surface area contributed by atoms with Gasteiger partial charge in [-0.05, 0) is 6.54 Å². The number of hydrogen-bond donors (Lipinski definition) is 1. The number of carboxylic acid groups (broad SMARTS) is 1. The second kappa shape index (κ2) is 7.04. The van der Waals surface area contributed by atoms with E-state index in [0.29, 0.717) is 6.54 Å². The first-order chi connectivity index (χ1) is 6.22. The van der Waals surface area contributed by atoms with Gasteiger partial charge in [0.2, 0.25) is 0 Å². The Morgan fingerprint density at radius 2 is 1.71 bits per heavy atom. The van der Waals surface area contributed by atoms with Crippen molar-refractivity contribution in [3.05, 3.63) is 0 Å². The van der Waals surface area contributed by atoms with Crippen LogP contribution in [0.25, 0.3) is 0 Å². The van der Waals surface area contributed by atoms with Gasteiger partial charge in [0.1, 0.15) is 0 Å². The van der Waals surface area contributed by atoms with Gasteiger partial charge in [0.05, 0.1) is 6.42 Å². The van der Waals surface area contributed by atoms with Crippen LogP contribution in [-0.2, 0) is 4.79 Å². The van der Waals surface area contributed by atoms with Crippen LogP contribution in [0.4, 0.5) is 0 Å². The van der Waals surface area contributed by atoms with Crippen molar-refractivity contribution in [1.29, 1.82) is 0 Å². The molecule has 4 nitrogen and oxygen atoms in total. The lowest BCUT2D eigenvalue weighted by molar-refractivity contribution is -0.137. The number of nitrogens with zero attached hydrogens (tertiary/aromatic N) is 2. The summed E-state index contributed by atoms with van der Waals surface area (Å²) in [6.07, 6.45) is 0.270. The Morgan fingerprint density at radius 3 is 2.14 bits per heavy atom. The van der Waals surface area contributed by atoms with Gasteiger partial charge < -0.3 is 14.9 Å². The second-order valence-corrected chi connectivity index (χ2v) is 3.42. The zero-order valence-electron chi connectivity index (χ0n) is 8.61. The second-order valence-electron chi connectivity index (χ2n) is 3.42. The van der Waals surface area contributed by atoms with Gasteiger partial charge in [-0.15, -0.1) is 12.4 Å². The third-order valence-electron chi connectivity index (χ3n) is 2.55. The Hall–Kier alpha value is -0.320. The summed E-state index contributed by atoms with van der Waals surface area (Å²) in [7, 11) is 0. The molecule has 1 fully saturated rings. The maximum atomic E-state index is 10.3. The van der Waals surface area contributed by atoms with Crippen LogP contribution in [0.2, 0.25) is 0 Å². The molecule has 5 heteroatoms. The van der Waals surface area contributed by atoms with E-state index in [1.165, 1.54) is 0 Å². The van der Waals surface area contributed by atoms with Crippen molar-refractivity contribution in [2.75, 3.05) is 39.3 Å². The minimum absolute atomic E-state index is 0. The third-order valence-corrected chi connectivity index (χ3v) is 2.55. The number of piperazine rings is 1. The standard InChI is InChI=1S/C9H18N2O2.ClH/c1-2-10-5-7-11(8-6-10)4-3-9(12)13;/h2-8H2,1H3,(H,12,13);1H. The molecule has 0 unspecified atom stereocenters. The Balaban J connectivity index is 0.00000169. The fourth-order valence-corrected chi connectivity index (χ4v) is 1.58. The minimum atomic E-state index is -0.696. The number of halogens is 1. The summed E-state index contributed by atoms with van der Waals surface area (Å²) in [4.78, 5) is 14.9. The van der Waals surface area contributed by atoms with Crippen molar-refractivity contribution in [3.8, 4) is 0 Å². The normalized spacial score (nSPS) is 18.9. The quantitative estimate of drug-likeness (QED) is 0.754. The highest BCUT2D eigenvalue weighted by Crippen LogP contribution is 2.01. The molecule has 0 amide bonds. The maximum absolute atomic E-state index is 10.3. The van der Waals surface area contributed by atoms with E-state index in [-0.39, 0.29) is 18.8 Å². The fraction of sp³-hybridized carbons (Fsp3) is 0.889. The van der Waals surface area contributed by atoms with Crippen LogP contribution in [0.15, 0.2) is 0 Å². The van der Waals surface area contributed by atoms with Gasteiger partial charge in [0.15, 0.2) is 0 Å². The molecule has 1 N–H and O–H groups in total. The van der Waals surface area contributed by atoms with Crippen LogP contribution < -0.4 is 0 Å². The first kappa shape index (κ1) is 13.7. The summed E-state index contributed by atoms with van der Waals surface area (Å²) >= 11 is 0. The molecule has 1 saturated heterocycles. The molecular formula is C9H19ClN2O2. The number of hydrogen-bond acceptors (Lipinski definition) is 3. The minimum Gasteiger partial charge on any atom is -0.481 e. The molecule has 0 bridgehead atoms. The number of carboxylic acids is 1. The van der Waals surface area contributed by atoms with Gasteiger partial charge in [-0.25, -0.2) is 0 Å². The maximum Gasteiger partial charge on any atom is 0.304 e. The summed E-state index contributed by atoms with van der Waals surface area (Å²) in [5, 5.41) is 8.51. The van der Waals surface area contributed by atoms with Crippen molar-refractivity contribution >= 4 is 18.4 Å². The Morgan fingerprint density at radius 1 is 1.21 bits per heavy atom. The Kier molecular flexibility index (Phi) is 6.87. The van der Waals surface area contributed by atoms with Gasteiger partial charge in [0, 0.05) is 32.7 Å². The Bertz CT molecular complexity index is 170. The molecule has 0 aromatic heterocycles. The molecule has 0 radical (unpaired) electrons. The van der Waals surface area contributed by atoms with Gasteiger partial charge in [-0.1, -0.05) is 6.92 Å². The molecule has 84 valence electrons. The average Bonchev–Trinajstić information content (AvgIpc) is 2.15. The zero-order chi connectivity index (χ0) is 9.68. The van der Waals surface area contributed by atoms with E-state index in [0.717, 1.165) is 32.7 Å². The van der Waals surface area contributed by atoms with Crippen LogP contribution in [-0.4, -0.2) is 60.1 Å². The first-order valence-corrected chi connectivity index (χ1v) is 4.89. The van der Waals surface area contributed by atoms with E-state index in [1.807, 2.05) is 0 Å². The van der Waals surface area contributed by atoms with E-state index < -0.39 is 5.97 Å². The van der Waals surface area contributed by atoms with E-state index in [4.69, 9.17) is 5.11 Å². The van der Waals surface area contributed by atoms with E-state index in [2.05, 4.69) is 16.7 Å². The molecular weight excluding hydrogens is 204 g/mol. The smallest absolute Gasteiger partial charge is 0.304 e. The van der Waals surface area contributed by atoms with Crippen molar-refractivity contribution in [1.82, 2.24) is 9.80 Å². The molecule has 0 aliphatic carbocycles. The highest BCUT2D eigenvalue weighted by Gasteiger charge is 2.15. The highest BCUT2D eigenvalue weighted by molar-refractivity contribution is 5.85. The van der Waals surface area contributed by atoms with Crippen LogP contribution in [0.3, 0.4) is 0 Å². The van der Waals surface area contributed by atoms with Crippen LogP contribution in [0.5, 0.6) is 0 Å². The number of aliphatic carboxylic acids is 1. The summed E-state index contributed by atoms with van der Waals surface area (Å²) < 4.78 is 0. The lowest BCUT2D eigenvalue weighted by Gasteiger charge is -2.33. The molecule has 1 rings (SSSR count). The lowest BCUT2D eigenvalue weighted by Crippen LogP contribution is -2.46. The van der Waals surface area contributed by atoms with Crippen molar-refractivity contribution in [2.45, 2.75) is 13.3 Å². The van der Waals surface area contributed by atoms with Crippen LogP contribution >= 0.6 is 12.4 Å². The van der Waals surface area contributed by atoms with Crippen molar-refractivity contribution in [2.24, 2.45) is 0 Å². The molecule has 1 heterocycles. The molecule has 0 aromatic carbocycles. The van der Waals surface area contributed by atoms with E-state index in [9.17, 15) is 4.79 Å². The Labute approximate surface area is 91.3 Å². The van der Waals surface area contributed by atoms with Gasteiger partial charge in [-0.2, -0.15) is 0 Å². The molecule has 1 aliphatic heterocycles. The lowest BCUT2D eigenvalue weighted by atomic mass is 10.3. The summed E-state index contributed by atoms with van der Waals surface area (Å²) in [6, 6.07) is 0. The van der Waals surface area contributed by atoms with Crippen molar-refractivity contribution < 1.29 is 9.90 Å². The van der Waals surface area contributed by atoms with E-state index in [1.54, 1.807) is 0 Å². The molecule has 0 atom stereocenters. The summed E-state index contributed by atoms with van der Waals surface area (Å²) in [5.41, 5.74) is 0. The van der Waals surface area contributed by atoms with Crippen LogP contribution in [0.1, 0.15) is 13.3 Å². The molecule has 0 aromatic rings. The third kappa shape index (κ3) is 4.79. The van der Waals surface area contributed by atoms with Crippen molar-refractivity contribution in [3.63, 3.8) is 0 Å². The fourth-order valence-electron chi connectivity index (χ4n) is 1.58. The van der Waals surface area contributed by atoms with Crippen LogP contribution in [0, 0.1) is 0 Å². The summed E-state index contributed by atoms with van der Waals surface area (Å²) in [5.74, 6) is -0.696. The first-order valence-electron chi connectivity index (χ1n) is 4.89. The molecule has 0 saturated carbocycles. The van der Waals surface area contributed by atoms with E-state index >= 15 is 0 Å². The molecule has 0 spiro atoms. The van der Waals surface area contributed by atoms with Gasteiger partial charge in [0.25, 0.3) is 0 Å². The summed E-state index contributed by atoms with van der Waals surface area (Å²) in [6.45, 7) is 8.15. The predicted molar refractivity (Wildman–Crippen MR) is 58.1 cm³/mol. The average molecular weight is 223 g/mol. The zero-order valence-corrected chi connectivity index (χ0v) is 9.42.